The first-order chi connectivity index (χ1) is 11.8. The van der Waals surface area contributed by atoms with Crippen molar-refractivity contribution in [2.45, 2.75) is 17.1 Å². The molecule has 0 aromatic heterocycles. The van der Waals surface area contributed by atoms with Crippen LogP contribution >= 0.6 is 11.8 Å². The molecule has 8 heteroatoms. The van der Waals surface area contributed by atoms with Crippen molar-refractivity contribution in [2.75, 3.05) is 12.3 Å². The summed E-state index contributed by atoms with van der Waals surface area (Å²) in [7, 11) is -3.68. The summed E-state index contributed by atoms with van der Waals surface area (Å²) in [6, 6.07) is 12.5. The third-order valence-corrected chi connectivity index (χ3v) is 5.34. The first-order valence-electron chi connectivity index (χ1n) is 7.55. The predicted octanol–water partition coefficient (Wildman–Crippen LogP) is 2.07. The van der Waals surface area contributed by atoms with Crippen molar-refractivity contribution >= 4 is 27.7 Å². The van der Waals surface area contributed by atoms with Crippen LogP contribution < -0.4 is 10.5 Å². The number of nitrogens with two attached hydrogens (primary N) is 1. The van der Waals surface area contributed by atoms with Crippen LogP contribution in [0.1, 0.15) is 11.1 Å². The zero-order chi connectivity index (χ0) is 18.3. The van der Waals surface area contributed by atoms with Crippen LogP contribution in [-0.4, -0.2) is 26.6 Å². The minimum atomic E-state index is -3.68. The third kappa shape index (κ3) is 6.85. The van der Waals surface area contributed by atoms with Crippen molar-refractivity contribution in [3.05, 3.63) is 65.5 Å². The highest BCUT2D eigenvalue weighted by atomic mass is 32.2. The van der Waals surface area contributed by atoms with Gasteiger partial charge in [-0.15, -0.1) is 11.8 Å². The lowest BCUT2D eigenvalue weighted by atomic mass is 10.1. The zero-order valence-electron chi connectivity index (χ0n) is 13.4. The number of hydrogen-bond acceptors (Lipinski definition) is 4. The fraction of sp³-hybridized carbons (Fsp3) is 0.235. The summed E-state index contributed by atoms with van der Waals surface area (Å²) >= 11 is 1.46. The van der Waals surface area contributed by atoms with E-state index in [-0.39, 0.29) is 16.6 Å². The van der Waals surface area contributed by atoms with Crippen LogP contribution in [0.5, 0.6) is 0 Å². The SMILES string of the molecule is NS(=O)(=O)c1ccc(CCNC(=O)CSCc2ccc(F)cc2)cc1. The van der Waals surface area contributed by atoms with Crippen molar-refractivity contribution in [1.82, 2.24) is 5.32 Å². The molecule has 0 radical (unpaired) electrons. The maximum Gasteiger partial charge on any atom is 0.238 e. The molecule has 0 aliphatic rings. The second-order valence-electron chi connectivity index (χ2n) is 5.41. The number of rotatable bonds is 8. The average Bonchev–Trinajstić information content (AvgIpc) is 2.56. The van der Waals surface area contributed by atoms with E-state index in [0.717, 1.165) is 11.1 Å². The molecule has 0 heterocycles. The van der Waals surface area contributed by atoms with Crippen molar-refractivity contribution < 1.29 is 17.6 Å². The molecule has 2 rings (SSSR count). The summed E-state index contributed by atoms with van der Waals surface area (Å²) in [6.07, 6.45) is 0.596. The lowest BCUT2D eigenvalue weighted by molar-refractivity contribution is -0.118. The van der Waals surface area contributed by atoms with Gasteiger partial charge in [-0.2, -0.15) is 0 Å². The molecule has 0 aliphatic carbocycles. The Kier molecular flexibility index (Phi) is 6.98. The number of halogens is 1. The molecular weight excluding hydrogens is 363 g/mol. The minimum Gasteiger partial charge on any atom is -0.355 e. The number of carbonyl (C=O) groups excluding carboxylic acids is 1. The average molecular weight is 382 g/mol. The molecule has 0 saturated carbocycles. The van der Waals surface area contributed by atoms with Crippen molar-refractivity contribution in [2.24, 2.45) is 5.14 Å². The fourth-order valence-electron chi connectivity index (χ4n) is 2.09. The summed E-state index contributed by atoms with van der Waals surface area (Å²) in [6.45, 7) is 0.463. The van der Waals surface area contributed by atoms with Crippen LogP contribution in [0.3, 0.4) is 0 Å². The van der Waals surface area contributed by atoms with E-state index in [2.05, 4.69) is 5.32 Å². The van der Waals surface area contributed by atoms with Gasteiger partial charge in [-0.05, 0) is 41.8 Å². The Hall–Kier alpha value is -1.90. The van der Waals surface area contributed by atoms with Gasteiger partial charge in [-0.1, -0.05) is 24.3 Å². The highest BCUT2D eigenvalue weighted by Crippen LogP contribution is 2.12. The Morgan fingerprint density at radius 3 is 2.24 bits per heavy atom. The lowest BCUT2D eigenvalue weighted by Gasteiger charge is -2.06. The van der Waals surface area contributed by atoms with Gasteiger partial charge in [0.1, 0.15) is 5.82 Å². The maximum absolute atomic E-state index is 12.8. The van der Waals surface area contributed by atoms with E-state index in [1.165, 1.54) is 36.0 Å². The Bertz CT molecular complexity index is 807. The van der Waals surface area contributed by atoms with E-state index in [9.17, 15) is 17.6 Å². The molecule has 134 valence electrons. The van der Waals surface area contributed by atoms with Gasteiger partial charge in [0.15, 0.2) is 0 Å². The third-order valence-electron chi connectivity index (χ3n) is 3.40. The summed E-state index contributed by atoms with van der Waals surface area (Å²) in [5, 5.41) is 7.85. The molecule has 2 aromatic carbocycles. The Morgan fingerprint density at radius 2 is 1.64 bits per heavy atom. The van der Waals surface area contributed by atoms with Gasteiger partial charge in [0, 0.05) is 12.3 Å². The van der Waals surface area contributed by atoms with Gasteiger partial charge in [0.05, 0.1) is 10.6 Å². The second kappa shape index (κ2) is 8.98. The van der Waals surface area contributed by atoms with Gasteiger partial charge in [0.2, 0.25) is 15.9 Å². The molecule has 0 bridgehead atoms. The number of amides is 1. The Labute approximate surface area is 150 Å². The standard InChI is InChI=1S/C17H19FN2O3S2/c18-15-5-1-14(2-6-15)11-24-12-17(21)20-10-9-13-3-7-16(8-4-13)25(19,22)23/h1-8H,9-12H2,(H,20,21)(H2,19,22,23). The number of carbonyl (C=O) groups is 1. The Balaban J connectivity index is 1.67. The molecule has 0 atom stereocenters. The number of hydrogen-bond donors (Lipinski definition) is 2. The summed E-state index contributed by atoms with van der Waals surface area (Å²) in [5.41, 5.74) is 1.88. The summed E-state index contributed by atoms with van der Waals surface area (Å²) < 4.78 is 35.1. The predicted molar refractivity (Wildman–Crippen MR) is 97.1 cm³/mol. The van der Waals surface area contributed by atoms with Crippen molar-refractivity contribution in [3.8, 4) is 0 Å². The fourth-order valence-corrected chi connectivity index (χ4v) is 3.42. The molecule has 0 unspecified atom stereocenters. The first kappa shape index (κ1) is 19.4. The largest absolute Gasteiger partial charge is 0.355 e. The van der Waals surface area contributed by atoms with Crippen LogP contribution in [0, 0.1) is 5.82 Å². The van der Waals surface area contributed by atoms with Gasteiger partial charge in [-0.25, -0.2) is 17.9 Å². The quantitative estimate of drug-likeness (QED) is 0.731. The second-order valence-corrected chi connectivity index (χ2v) is 7.96. The lowest BCUT2D eigenvalue weighted by Crippen LogP contribution is -2.27. The smallest absolute Gasteiger partial charge is 0.238 e. The van der Waals surface area contributed by atoms with Crippen LogP contribution in [0.25, 0.3) is 0 Å². The first-order valence-corrected chi connectivity index (χ1v) is 10.3. The summed E-state index contributed by atoms with van der Waals surface area (Å²) in [4.78, 5) is 11.8. The monoisotopic (exact) mass is 382 g/mol. The van der Waals surface area contributed by atoms with E-state index < -0.39 is 10.0 Å². The molecule has 0 aliphatic heterocycles. The Morgan fingerprint density at radius 1 is 1.04 bits per heavy atom. The molecule has 0 fully saturated rings. The minimum absolute atomic E-state index is 0.0671. The molecule has 25 heavy (non-hydrogen) atoms. The van der Waals surface area contributed by atoms with Crippen LogP contribution in [-0.2, 0) is 27.0 Å². The highest BCUT2D eigenvalue weighted by Gasteiger charge is 2.07. The van der Waals surface area contributed by atoms with Gasteiger partial charge < -0.3 is 5.32 Å². The van der Waals surface area contributed by atoms with Gasteiger partial charge in [0.25, 0.3) is 0 Å². The molecule has 0 saturated heterocycles. The van der Waals surface area contributed by atoms with Crippen molar-refractivity contribution in [1.29, 1.82) is 0 Å². The topological polar surface area (TPSA) is 89.3 Å². The number of sulfonamides is 1. The number of benzene rings is 2. The maximum atomic E-state index is 12.8. The van der Waals surface area contributed by atoms with E-state index in [1.54, 1.807) is 24.3 Å². The normalized spacial score (nSPS) is 11.3. The number of primary sulfonamides is 1. The summed E-state index contributed by atoms with van der Waals surface area (Å²) in [5.74, 6) is 0.613. The van der Waals surface area contributed by atoms with E-state index in [0.29, 0.717) is 24.5 Å². The van der Waals surface area contributed by atoms with E-state index in [1.807, 2.05) is 0 Å². The van der Waals surface area contributed by atoms with Crippen LogP contribution in [0.2, 0.25) is 0 Å². The van der Waals surface area contributed by atoms with Gasteiger partial charge >= 0.3 is 0 Å². The van der Waals surface area contributed by atoms with E-state index >= 15 is 0 Å². The highest BCUT2D eigenvalue weighted by molar-refractivity contribution is 7.99. The molecule has 5 nitrogen and oxygen atoms in total. The van der Waals surface area contributed by atoms with E-state index in [4.69, 9.17) is 5.14 Å². The number of nitrogens with one attached hydrogen (secondary N) is 1. The van der Waals surface area contributed by atoms with Gasteiger partial charge in [-0.3, -0.25) is 4.79 Å². The molecule has 3 N–H and O–H groups in total. The molecule has 2 aromatic rings. The zero-order valence-corrected chi connectivity index (χ0v) is 15.1. The van der Waals surface area contributed by atoms with Crippen LogP contribution in [0.4, 0.5) is 4.39 Å². The number of thioether (sulfide) groups is 1. The molecular formula is C17H19FN2O3S2. The van der Waals surface area contributed by atoms with Crippen molar-refractivity contribution in [3.63, 3.8) is 0 Å². The van der Waals surface area contributed by atoms with Crippen LogP contribution in [0.15, 0.2) is 53.4 Å². The molecule has 1 amide bonds. The molecule has 0 spiro atoms.